The van der Waals surface area contributed by atoms with Crippen LogP contribution in [0.3, 0.4) is 0 Å². The molecule has 0 aliphatic carbocycles. The van der Waals surface area contributed by atoms with Crippen LogP contribution in [0.5, 0.6) is 0 Å². The molecule has 174 valence electrons. The molecule has 0 aromatic heterocycles. The molecule has 1 aromatic carbocycles. The van der Waals surface area contributed by atoms with Crippen molar-refractivity contribution in [1.29, 1.82) is 0 Å². The molecule has 1 rings (SSSR count). The van der Waals surface area contributed by atoms with Crippen molar-refractivity contribution in [3.8, 4) is 0 Å². The summed E-state index contributed by atoms with van der Waals surface area (Å²) < 4.78 is 0. The first-order valence-electron chi connectivity index (χ1n) is 11.2. The van der Waals surface area contributed by atoms with E-state index in [9.17, 15) is 14.4 Å². The lowest BCUT2D eigenvalue weighted by atomic mass is 9.90. The van der Waals surface area contributed by atoms with E-state index in [0.29, 0.717) is 18.9 Å². The summed E-state index contributed by atoms with van der Waals surface area (Å²) in [4.78, 5) is 37.0. The van der Waals surface area contributed by atoms with E-state index >= 15 is 0 Å². The number of benzene rings is 1. The number of hydrogen-bond donors (Lipinski definition) is 4. The molecule has 0 radical (unpaired) electrons. The Morgan fingerprint density at radius 2 is 1.52 bits per heavy atom. The van der Waals surface area contributed by atoms with E-state index in [-0.39, 0.29) is 41.6 Å². The summed E-state index contributed by atoms with van der Waals surface area (Å²) in [7, 11) is 0. The van der Waals surface area contributed by atoms with E-state index in [4.69, 9.17) is 5.73 Å². The van der Waals surface area contributed by atoms with E-state index < -0.39 is 6.04 Å². The Bertz CT molecular complexity index is 706. The van der Waals surface area contributed by atoms with Crippen molar-refractivity contribution in [2.75, 3.05) is 0 Å². The zero-order valence-corrected chi connectivity index (χ0v) is 19.8. The number of hydrogen-bond acceptors (Lipinski definition) is 4. The van der Waals surface area contributed by atoms with Gasteiger partial charge in [0.25, 0.3) is 0 Å². The van der Waals surface area contributed by atoms with Gasteiger partial charge in [-0.2, -0.15) is 0 Å². The molecule has 0 saturated heterocycles. The normalized spacial score (nSPS) is 15.1. The standard InChI is InChI=1S/C24H40N4O3/c1-15(2)12-21(27-18(6)29)20(25)13-17(5)23(30)28-22(16(3)4)24(31)26-14-19-10-8-7-9-11-19/h7-11,15-17,20-22H,12-14,25H2,1-6H3,(H,26,31)(H,27,29)(H,28,30)/t17-,20+,21+,22+/m1/s1. The highest BCUT2D eigenvalue weighted by Gasteiger charge is 2.29. The van der Waals surface area contributed by atoms with Crippen LogP contribution in [0.15, 0.2) is 30.3 Å². The smallest absolute Gasteiger partial charge is 0.243 e. The first-order valence-corrected chi connectivity index (χ1v) is 11.2. The maximum Gasteiger partial charge on any atom is 0.243 e. The third-order valence-corrected chi connectivity index (χ3v) is 5.26. The predicted octanol–water partition coefficient (Wildman–Crippen LogP) is 2.35. The summed E-state index contributed by atoms with van der Waals surface area (Å²) in [5, 5.41) is 8.69. The highest BCUT2D eigenvalue weighted by atomic mass is 16.2. The molecule has 31 heavy (non-hydrogen) atoms. The Morgan fingerprint density at radius 1 is 0.903 bits per heavy atom. The molecule has 1 aromatic rings. The molecule has 5 N–H and O–H groups in total. The lowest BCUT2D eigenvalue weighted by Gasteiger charge is -2.29. The molecule has 0 fully saturated rings. The monoisotopic (exact) mass is 432 g/mol. The van der Waals surface area contributed by atoms with Crippen LogP contribution in [0.25, 0.3) is 0 Å². The highest BCUT2D eigenvalue weighted by Crippen LogP contribution is 2.15. The van der Waals surface area contributed by atoms with Crippen LogP contribution in [0.1, 0.15) is 59.9 Å². The third-order valence-electron chi connectivity index (χ3n) is 5.26. The van der Waals surface area contributed by atoms with Crippen LogP contribution in [-0.4, -0.2) is 35.8 Å². The van der Waals surface area contributed by atoms with Crippen LogP contribution in [0.4, 0.5) is 0 Å². The number of nitrogens with two attached hydrogens (primary N) is 1. The molecule has 0 unspecified atom stereocenters. The predicted molar refractivity (Wildman–Crippen MR) is 124 cm³/mol. The fraction of sp³-hybridized carbons (Fsp3) is 0.625. The minimum atomic E-state index is -0.628. The van der Waals surface area contributed by atoms with Gasteiger partial charge in [0.05, 0.1) is 0 Å². The number of carbonyl (C=O) groups excluding carboxylic acids is 3. The molecule has 0 bridgehead atoms. The molecule has 0 aliphatic rings. The highest BCUT2D eigenvalue weighted by molar-refractivity contribution is 5.88. The van der Waals surface area contributed by atoms with Gasteiger partial charge in [0.15, 0.2) is 0 Å². The van der Waals surface area contributed by atoms with E-state index in [1.807, 2.05) is 44.2 Å². The van der Waals surface area contributed by atoms with E-state index in [1.165, 1.54) is 6.92 Å². The van der Waals surface area contributed by atoms with Gasteiger partial charge >= 0.3 is 0 Å². The van der Waals surface area contributed by atoms with Gasteiger partial charge < -0.3 is 21.7 Å². The summed E-state index contributed by atoms with van der Waals surface area (Å²) >= 11 is 0. The Morgan fingerprint density at radius 3 is 2.03 bits per heavy atom. The molecule has 0 saturated carbocycles. The Balaban J connectivity index is 2.68. The van der Waals surface area contributed by atoms with Crippen LogP contribution in [0, 0.1) is 17.8 Å². The first-order chi connectivity index (χ1) is 14.5. The average Bonchev–Trinajstić information content (AvgIpc) is 2.69. The quantitative estimate of drug-likeness (QED) is 0.406. The van der Waals surface area contributed by atoms with Crippen molar-refractivity contribution in [3.05, 3.63) is 35.9 Å². The zero-order chi connectivity index (χ0) is 23.6. The van der Waals surface area contributed by atoms with Crippen LogP contribution < -0.4 is 21.7 Å². The number of nitrogens with one attached hydrogen (secondary N) is 3. The number of carbonyl (C=O) groups is 3. The van der Waals surface area contributed by atoms with Gasteiger partial charge in [-0.1, -0.05) is 65.0 Å². The van der Waals surface area contributed by atoms with Crippen LogP contribution in [-0.2, 0) is 20.9 Å². The van der Waals surface area contributed by atoms with Crippen molar-refractivity contribution < 1.29 is 14.4 Å². The van der Waals surface area contributed by atoms with Crippen molar-refractivity contribution >= 4 is 17.7 Å². The lowest BCUT2D eigenvalue weighted by molar-refractivity contribution is -0.132. The molecule has 7 nitrogen and oxygen atoms in total. The molecule has 3 amide bonds. The van der Waals surface area contributed by atoms with Gasteiger partial charge in [-0.05, 0) is 30.2 Å². The Kier molecular flexibility index (Phi) is 11.3. The van der Waals surface area contributed by atoms with Crippen molar-refractivity contribution in [1.82, 2.24) is 16.0 Å². The molecule has 4 atom stereocenters. The summed E-state index contributed by atoms with van der Waals surface area (Å²) in [5.74, 6) is -0.635. The van der Waals surface area contributed by atoms with Gasteiger partial charge in [0.2, 0.25) is 17.7 Å². The number of amides is 3. The summed E-state index contributed by atoms with van der Waals surface area (Å²) in [6.07, 6.45) is 1.16. The second-order valence-corrected chi connectivity index (χ2v) is 9.17. The minimum Gasteiger partial charge on any atom is -0.352 e. The SMILES string of the molecule is CC(=O)N[C@@H](CC(C)C)[C@@H](N)C[C@@H](C)C(=O)N[C@H](C(=O)NCc1ccccc1)C(C)C. The molecular weight excluding hydrogens is 392 g/mol. The maximum atomic E-state index is 12.8. The maximum absolute atomic E-state index is 12.8. The van der Waals surface area contributed by atoms with Crippen LogP contribution in [0.2, 0.25) is 0 Å². The fourth-order valence-electron chi connectivity index (χ4n) is 3.51. The largest absolute Gasteiger partial charge is 0.352 e. The van der Waals surface area contributed by atoms with Crippen molar-refractivity contribution in [3.63, 3.8) is 0 Å². The summed E-state index contributed by atoms with van der Waals surface area (Å²) in [5.41, 5.74) is 7.34. The van der Waals surface area contributed by atoms with Gasteiger partial charge in [-0.15, -0.1) is 0 Å². The zero-order valence-electron chi connectivity index (χ0n) is 19.8. The summed E-state index contributed by atoms with van der Waals surface area (Å²) in [6, 6.07) is 8.47. The fourth-order valence-corrected chi connectivity index (χ4v) is 3.51. The van der Waals surface area contributed by atoms with E-state index in [0.717, 1.165) is 12.0 Å². The Hall–Kier alpha value is -2.41. The Labute approximate surface area is 186 Å². The molecule has 7 heteroatoms. The summed E-state index contributed by atoms with van der Waals surface area (Å²) in [6.45, 7) is 11.6. The first kappa shape index (κ1) is 26.6. The second-order valence-electron chi connectivity index (χ2n) is 9.17. The van der Waals surface area contributed by atoms with Gasteiger partial charge in [-0.25, -0.2) is 0 Å². The third kappa shape index (κ3) is 9.96. The number of rotatable bonds is 12. The lowest BCUT2D eigenvalue weighted by Crippen LogP contribution is -2.52. The molecule has 0 spiro atoms. The topological polar surface area (TPSA) is 113 Å². The van der Waals surface area contributed by atoms with Crippen molar-refractivity contribution in [2.45, 2.75) is 79.1 Å². The van der Waals surface area contributed by atoms with E-state index in [1.54, 1.807) is 6.92 Å². The van der Waals surface area contributed by atoms with Gasteiger partial charge in [0, 0.05) is 31.5 Å². The molecule has 0 aliphatic heterocycles. The second kappa shape index (κ2) is 13.1. The van der Waals surface area contributed by atoms with E-state index in [2.05, 4.69) is 29.8 Å². The minimum absolute atomic E-state index is 0.0614. The van der Waals surface area contributed by atoms with Gasteiger partial charge in [0.1, 0.15) is 6.04 Å². The average molecular weight is 433 g/mol. The van der Waals surface area contributed by atoms with Crippen LogP contribution >= 0.6 is 0 Å². The van der Waals surface area contributed by atoms with Gasteiger partial charge in [-0.3, -0.25) is 14.4 Å². The molecule has 0 heterocycles. The molecular formula is C24H40N4O3. The van der Waals surface area contributed by atoms with Crippen molar-refractivity contribution in [2.24, 2.45) is 23.5 Å².